The van der Waals surface area contributed by atoms with Crippen LogP contribution in [0.1, 0.15) is 59.4 Å². The molecular formula is C35H37F2N7O4S. The Hall–Kier alpha value is -4.72. The number of rotatable bonds is 6. The van der Waals surface area contributed by atoms with Gasteiger partial charge in [-0.25, -0.2) is 36.9 Å². The van der Waals surface area contributed by atoms with Crippen LogP contribution in [0.15, 0.2) is 65.8 Å². The zero-order chi connectivity index (χ0) is 34.3. The van der Waals surface area contributed by atoms with E-state index in [1.807, 2.05) is 32.0 Å². The van der Waals surface area contributed by atoms with E-state index in [0.717, 1.165) is 36.0 Å². The van der Waals surface area contributed by atoms with Crippen molar-refractivity contribution < 1.29 is 26.7 Å². The first-order chi connectivity index (χ1) is 23.4. The summed E-state index contributed by atoms with van der Waals surface area (Å²) in [6.45, 7) is 3.77. The van der Waals surface area contributed by atoms with Gasteiger partial charge >= 0.3 is 0 Å². The Morgan fingerprint density at radius 1 is 1.02 bits per heavy atom. The number of fused-ring (bicyclic) bond motifs is 4. The van der Waals surface area contributed by atoms with E-state index in [2.05, 4.69) is 24.7 Å². The molecule has 3 aliphatic rings. The van der Waals surface area contributed by atoms with Crippen LogP contribution in [0.3, 0.4) is 0 Å². The van der Waals surface area contributed by atoms with E-state index in [0.29, 0.717) is 29.5 Å². The lowest BCUT2D eigenvalue weighted by Crippen LogP contribution is -2.45. The molecule has 0 spiro atoms. The van der Waals surface area contributed by atoms with Crippen LogP contribution in [0.4, 0.5) is 20.4 Å². The fraction of sp³-hybridized carbons (Fsp3) is 0.400. The molecule has 2 fully saturated rings. The lowest BCUT2D eigenvalue weighted by atomic mass is 9.80. The van der Waals surface area contributed by atoms with Crippen LogP contribution in [0.2, 0.25) is 0 Å². The third kappa shape index (κ3) is 7.05. The Morgan fingerprint density at radius 3 is 2.43 bits per heavy atom. The topological polar surface area (TPSA) is 131 Å². The fourth-order valence-electron chi connectivity index (χ4n) is 6.68. The average Bonchev–Trinajstić information content (AvgIpc) is 3.42. The smallest absolute Gasteiger partial charge is 0.266 e. The second-order valence-corrected chi connectivity index (χ2v) is 14.8. The summed E-state index contributed by atoms with van der Waals surface area (Å²) in [7, 11) is -4.21. The van der Waals surface area contributed by atoms with Crippen molar-refractivity contribution in [1.82, 2.24) is 24.8 Å². The molecule has 11 nitrogen and oxygen atoms in total. The number of carbonyl (C=O) groups excluding carboxylic acids is 1. The largest absolute Gasteiger partial charge is 0.475 e. The molecule has 1 N–H and O–H groups in total. The number of hydrogen-bond donors (Lipinski definition) is 1. The molecule has 2 aromatic carbocycles. The monoisotopic (exact) mass is 689 g/mol. The Morgan fingerprint density at radius 2 is 1.76 bits per heavy atom. The van der Waals surface area contributed by atoms with Crippen LogP contribution in [-0.4, -0.2) is 70.8 Å². The molecule has 4 aromatic rings. The van der Waals surface area contributed by atoms with Gasteiger partial charge in [-0.1, -0.05) is 43.5 Å². The summed E-state index contributed by atoms with van der Waals surface area (Å²) in [4.78, 5) is 35.4. The highest BCUT2D eigenvalue weighted by molar-refractivity contribution is 7.92. The summed E-state index contributed by atoms with van der Waals surface area (Å²) in [5.41, 5.74) is 3.88. The number of carbonyl (C=O) groups is 1. The Bertz CT molecular complexity index is 1970. The minimum Gasteiger partial charge on any atom is -0.475 e. The van der Waals surface area contributed by atoms with E-state index in [4.69, 9.17) is 4.74 Å². The summed E-state index contributed by atoms with van der Waals surface area (Å²) >= 11 is 0. The summed E-state index contributed by atoms with van der Waals surface area (Å²) in [5.74, 6) is -2.48. The number of alkyl halides is 2. The number of hydrogen-bond acceptors (Lipinski definition) is 9. The number of nitrogens with one attached hydrogen (secondary N) is 1. The van der Waals surface area contributed by atoms with Gasteiger partial charge in [-0.2, -0.15) is 4.98 Å². The average molecular weight is 690 g/mol. The molecule has 1 saturated heterocycles. The van der Waals surface area contributed by atoms with E-state index in [-0.39, 0.29) is 48.4 Å². The van der Waals surface area contributed by atoms with Gasteiger partial charge in [-0.3, -0.25) is 4.79 Å². The van der Waals surface area contributed by atoms with Crippen molar-refractivity contribution in [3.05, 3.63) is 83.4 Å². The minimum absolute atomic E-state index is 0.00603. The van der Waals surface area contributed by atoms with Crippen molar-refractivity contribution in [3.63, 3.8) is 0 Å². The quantitative estimate of drug-likeness (QED) is 0.267. The van der Waals surface area contributed by atoms with Gasteiger partial charge in [0.1, 0.15) is 12.4 Å². The first-order valence-electron chi connectivity index (χ1n) is 16.4. The third-order valence-electron chi connectivity index (χ3n) is 9.55. The van der Waals surface area contributed by atoms with Crippen molar-refractivity contribution >= 4 is 27.6 Å². The first-order valence-corrected chi connectivity index (χ1v) is 17.9. The van der Waals surface area contributed by atoms with Gasteiger partial charge in [0.15, 0.2) is 0 Å². The second kappa shape index (κ2) is 13.0. The lowest BCUT2D eigenvalue weighted by Gasteiger charge is -2.36. The van der Waals surface area contributed by atoms with Gasteiger partial charge in [0.2, 0.25) is 11.8 Å². The summed E-state index contributed by atoms with van der Waals surface area (Å²) < 4.78 is 63.8. The maximum absolute atomic E-state index is 14.4. The van der Waals surface area contributed by atoms with Gasteiger partial charge in [0.25, 0.3) is 21.9 Å². The molecule has 1 aliphatic carbocycles. The molecule has 7 rings (SSSR count). The second-order valence-electron chi connectivity index (χ2n) is 13.1. The number of amides is 1. The number of benzene rings is 2. The Balaban J connectivity index is 1.28. The van der Waals surface area contributed by atoms with Crippen molar-refractivity contribution in [3.8, 4) is 17.1 Å². The van der Waals surface area contributed by atoms with Gasteiger partial charge in [-0.15, -0.1) is 0 Å². The van der Waals surface area contributed by atoms with Crippen LogP contribution in [0, 0.1) is 19.8 Å². The molecule has 2 aliphatic heterocycles. The normalized spacial score (nSPS) is 20.3. The summed E-state index contributed by atoms with van der Waals surface area (Å²) in [6.07, 6.45) is 6.57. The standard InChI is InChI=1S/C35H37F2N7O4S/c1-22-6-3-7-23(2)32(22)29-16-31-41-34(40-29)42-49(46,47)28-11-5-10-25(15-28)33(45)44(26(20-48-31)14-24-8-4-9-24)19-30-38-17-27(18-39-30)43-13-12-35(36,37)21-43/h3,5-7,10-11,15-18,24,26H,4,8-9,12-14,19-21H2,1-2H3,(H,40,41,42)/t26-/m1/s1. The molecule has 14 heteroatoms. The highest BCUT2D eigenvalue weighted by Crippen LogP contribution is 2.35. The van der Waals surface area contributed by atoms with Crippen LogP contribution in [-0.2, 0) is 16.6 Å². The van der Waals surface area contributed by atoms with Crippen LogP contribution in [0.5, 0.6) is 5.88 Å². The number of anilines is 2. The van der Waals surface area contributed by atoms with Crippen LogP contribution in [0.25, 0.3) is 11.3 Å². The van der Waals surface area contributed by atoms with Crippen molar-refractivity contribution in [1.29, 1.82) is 0 Å². The van der Waals surface area contributed by atoms with Crippen molar-refractivity contribution in [2.24, 2.45) is 5.92 Å². The predicted molar refractivity (Wildman–Crippen MR) is 179 cm³/mol. The number of aryl methyl sites for hydroxylation is 2. The Labute approximate surface area is 283 Å². The van der Waals surface area contributed by atoms with Gasteiger partial charge < -0.3 is 14.5 Å². The first kappa shape index (κ1) is 32.8. The summed E-state index contributed by atoms with van der Waals surface area (Å²) in [5, 5.41) is 0. The van der Waals surface area contributed by atoms with Gasteiger partial charge in [-0.05, 0) is 55.5 Å². The minimum atomic E-state index is -4.21. The van der Waals surface area contributed by atoms with E-state index < -0.39 is 34.4 Å². The Kier molecular flexibility index (Phi) is 8.67. The van der Waals surface area contributed by atoms with Crippen LogP contribution < -0.4 is 14.4 Å². The molecule has 2 aromatic heterocycles. The molecule has 4 heterocycles. The molecule has 1 atom stereocenters. The predicted octanol–water partition coefficient (Wildman–Crippen LogP) is 5.79. The number of aromatic nitrogens is 4. The van der Waals surface area contributed by atoms with Crippen LogP contribution >= 0.6 is 0 Å². The molecule has 0 radical (unpaired) electrons. The zero-order valence-electron chi connectivity index (χ0n) is 27.3. The number of sulfonamides is 1. The molecular weight excluding hydrogens is 652 g/mol. The van der Waals surface area contributed by atoms with E-state index in [1.165, 1.54) is 30.6 Å². The maximum atomic E-state index is 14.4. The van der Waals surface area contributed by atoms with Gasteiger partial charge in [0.05, 0.1) is 47.8 Å². The molecule has 49 heavy (non-hydrogen) atoms. The number of ether oxygens (including phenoxy) is 1. The highest BCUT2D eigenvalue weighted by Gasteiger charge is 2.38. The molecule has 1 amide bonds. The number of nitrogens with zero attached hydrogens (tertiary/aromatic N) is 6. The summed E-state index contributed by atoms with van der Waals surface area (Å²) in [6, 6.07) is 12.9. The van der Waals surface area contributed by atoms with E-state index >= 15 is 0 Å². The maximum Gasteiger partial charge on any atom is 0.266 e. The molecule has 256 valence electrons. The van der Waals surface area contributed by atoms with Crippen molar-refractivity contribution in [2.75, 3.05) is 29.3 Å². The highest BCUT2D eigenvalue weighted by atomic mass is 32.2. The van der Waals surface area contributed by atoms with E-state index in [9.17, 15) is 22.0 Å². The number of halogens is 2. The SMILES string of the molecule is Cc1cccc(C)c1-c1cc2nc(n1)NS(=O)(=O)c1cccc(c1)C(=O)N(Cc1ncc(N3CCC(F)(F)C3)cn1)[C@H](CC1CCC1)CO2. The fourth-order valence-corrected chi connectivity index (χ4v) is 7.67. The van der Waals surface area contributed by atoms with Crippen molar-refractivity contribution in [2.45, 2.75) is 69.4 Å². The third-order valence-corrected chi connectivity index (χ3v) is 10.9. The zero-order valence-corrected chi connectivity index (χ0v) is 28.1. The molecule has 4 bridgehead atoms. The lowest BCUT2D eigenvalue weighted by molar-refractivity contribution is 0.0257. The molecule has 1 saturated carbocycles. The van der Waals surface area contributed by atoms with E-state index in [1.54, 1.807) is 21.9 Å². The van der Waals surface area contributed by atoms with Gasteiger partial charge in [0, 0.05) is 30.2 Å². The molecule has 0 unspecified atom stereocenters.